The average molecular weight is 351 g/mol. The highest BCUT2D eigenvalue weighted by molar-refractivity contribution is 5.96. The molecule has 1 aliphatic heterocycles. The maximum atomic E-state index is 13.8. The van der Waals surface area contributed by atoms with E-state index >= 15 is 0 Å². The summed E-state index contributed by atoms with van der Waals surface area (Å²) in [5, 5.41) is 4.06. The molecule has 1 fully saturated rings. The number of aryl methyl sites for hydroxylation is 2. The Balaban J connectivity index is 1.58. The molecule has 3 aromatic rings. The van der Waals surface area contributed by atoms with Crippen molar-refractivity contribution in [3.8, 4) is 11.4 Å². The van der Waals surface area contributed by atoms with Crippen LogP contribution in [0.25, 0.3) is 11.4 Å². The first kappa shape index (κ1) is 16.4. The molecular formula is C20H18FN3O2. The van der Waals surface area contributed by atoms with Gasteiger partial charge in [-0.1, -0.05) is 35.5 Å². The first-order chi connectivity index (χ1) is 12.5. The molecule has 0 radical (unpaired) electrons. The summed E-state index contributed by atoms with van der Waals surface area (Å²) in [6.07, 6.45) is 0.269. The largest absolute Gasteiger partial charge is 0.339 e. The first-order valence-corrected chi connectivity index (χ1v) is 8.49. The van der Waals surface area contributed by atoms with Gasteiger partial charge in [-0.3, -0.25) is 4.79 Å². The summed E-state index contributed by atoms with van der Waals surface area (Å²) >= 11 is 0. The molecule has 26 heavy (non-hydrogen) atoms. The number of benzene rings is 2. The molecule has 0 unspecified atom stereocenters. The highest BCUT2D eigenvalue weighted by Crippen LogP contribution is 2.32. The third-order valence-electron chi connectivity index (χ3n) is 4.77. The molecule has 1 saturated heterocycles. The van der Waals surface area contributed by atoms with Gasteiger partial charge in [0.1, 0.15) is 5.82 Å². The predicted molar refractivity (Wildman–Crippen MR) is 95.3 cm³/mol. The number of amides is 1. The van der Waals surface area contributed by atoms with Crippen molar-refractivity contribution >= 4 is 11.6 Å². The molecule has 0 bridgehead atoms. The number of halogens is 1. The van der Waals surface area contributed by atoms with E-state index in [9.17, 15) is 9.18 Å². The lowest BCUT2D eigenvalue weighted by atomic mass is 10.1. The molecule has 5 nitrogen and oxygen atoms in total. The number of hydrogen-bond acceptors (Lipinski definition) is 4. The minimum atomic E-state index is -0.321. The van der Waals surface area contributed by atoms with E-state index in [0.29, 0.717) is 29.5 Å². The van der Waals surface area contributed by atoms with Crippen molar-refractivity contribution in [2.75, 3.05) is 11.4 Å². The topological polar surface area (TPSA) is 59.2 Å². The van der Waals surface area contributed by atoms with Crippen molar-refractivity contribution in [1.29, 1.82) is 0 Å². The summed E-state index contributed by atoms with van der Waals surface area (Å²) in [7, 11) is 0. The summed E-state index contributed by atoms with van der Waals surface area (Å²) in [6.45, 7) is 4.08. The summed E-state index contributed by atoms with van der Waals surface area (Å²) in [5.74, 6) is 0.362. The maximum Gasteiger partial charge on any atom is 0.232 e. The van der Waals surface area contributed by atoms with E-state index in [4.69, 9.17) is 4.52 Å². The second-order valence-corrected chi connectivity index (χ2v) is 6.61. The summed E-state index contributed by atoms with van der Waals surface area (Å²) in [5.41, 5.74) is 3.07. The maximum absolute atomic E-state index is 13.8. The van der Waals surface area contributed by atoms with E-state index in [1.807, 2.05) is 31.2 Å². The number of anilines is 1. The molecule has 0 aliphatic carbocycles. The van der Waals surface area contributed by atoms with E-state index in [1.54, 1.807) is 24.0 Å². The molecule has 1 atom stereocenters. The van der Waals surface area contributed by atoms with Gasteiger partial charge in [-0.25, -0.2) is 4.39 Å². The van der Waals surface area contributed by atoms with Crippen molar-refractivity contribution in [2.24, 2.45) is 0 Å². The smallest absolute Gasteiger partial charge is 0.232 e. The molecule has 0 spiro atoms. The van der Waals surface area contributed by atoms with Gasteiger partial charge in [0, 0.05) is 24.2 Å². The zero-order valence-corrected chi connectivity index (χ0v) is 14.6. The number of nitrogens with zero attached hydrogens (tertiary/aromatic N) is 3. The summed E-state index contributed by atoms with van der Waals surface area (Å²) < 4.78 is 19.2. The van der Waals surface area contributed by atoms with Crippen LogP contribution in [0, 0.1) is 19.7 Å². The fourth-order valence-corrected chi connectivity index (χ4v) is 3.21. The second-order valence-electron chi connectivity index (χ2n) is 6.61. The van der Waals surface area contributed by atoms with Crippen LogP contribution in [0.2, 0.25) is 0 Å². The molecule has 1 aromatic heterocycles. The van der Waals surface area contributed by atoms with E-state index in [2.05, 4.69) is 10.1 Å². The standard InChI is InChI=1S/C20H18FN3O2/c1-12-5-3-4-6-16(12)19-22-20(26-23-19)14-9-18(25)24(11-14)15-8-7-13(2)17(21)10-15/h3-8,10,14H,9,11H2,1-2H3/t14-/m0/s1. The van der Waals surface area contributed by atoms with Crippen molar-refractivity contribution in [2.45, 2.75) is 26.2 Å². The van der Waals surface area contributed by atoms with Crippen LogP contribution in [0.4, 0.5) is 10.1 Å². The van der Waals surface area contributed by atoms with Crippen LogP contribution in [0.3, 0.4) is 0 Å². The fourth-order valence-electron chi connectivity index (χ4n) is 3.21. The Labute approximate surface area is 150 Å². The number of aromatic nitrogens is 2. The Kier molecular flexibility index (Phi) is 4.03. The molecule has 2 aromatic carbocycles. The van der Waals surface area contributed by atoms with Crippen LogP contribution in [0.5, 0.6) is 0 Å². The quantitative estimate of drug-likeness (QED) is 0.715. The molecule has 1 aliphatic rings. The lowest BCUT2D eigenvalue weighted by Crippen LogP contribution is -2.24. The highest BCUT2D eigenvalue weighted by atomic mass is 19.1. The normalized spacial score (nSPS) is 17.1. The zero-order valence-electron chi connectivity index (χ0n) is 14.6. The highest BCUT2D eigenvalue weighted by Gasteiger charge is 2.35. The van der Waals surface area contributed by atoms with Crippen LogP contribution in [0.15, 0.2) is 47.0 Å². The van der Waals surface area contributed by atoms with Gasteiger partial charge in [-0.05, 0) is 37.1 Å². The Morgan fingerprint density at radius 3 is 2.73 bits per heavy atom. The Morgan fingerprint density at radius 1 is 1.15 bits per heavy atom. The number of hydrogen-bond donors (Lipinski definition) is 0. The fraction of sp³-hybridized carbons (Fsp3) is 0.250. The molecule has 4 rings (SSSR count). The van der Waals surface area contributed by atoms with Gasteiger partial charge in [0.25, 0.3) is 0 Å². The molecule has 1 amide bonds. The number of rotatable bonds is 3. The van der Waals surface area contributed by atoms with Gasteiger partial charge in [0.15, 0.2) is 0 Å². The van der Waals surface area contributed by atoms with Crippen molar-refractivity contribution < 1.29 is 13.7 Å². The number of carbonyl (C=O) groups excluding carboxylic acids is 1. The van der Waals surface area contributed by atoms with Crippen molar-refractivity contribution in [1.82, 2.24) is 10.1 Å². The molecular weight excluding hydrogens is 333 g/mol. The van der Waals surface area contributed by atoms with E-state index in [0.717, 1.165) is 11.1 Å². The van der Waals surface area contributed by atoms with Crippen molar-refractivity contribution in [3.63, 3.8) is 0 Å². The van der Waals surface area contributed by atoms with Crippen LogP contribution in [-0.4, -0.2) is 22.6 Å². The van der Waals surface area contributed by atoms with E-state index in [1.165, 1.54) is 6.07 Å². The van der Waals surface area contributed by atoms with E-state index in [-0.39, 0.29) is 24.1 Å². The lowest BCUT2D eigenvalue weighted by Gasteiger charge is -2.16. The lowest BCUT2D eigenvalue weighted by molar-refractivity contribution is -0.117. The van der Waals surface area contributed by atoms with Crippen LogP contribution in [-0.2, 0) is 4.79 Å². The van der Waals surface area contributed by atoms with Gasteiger partial charge in [0.2, 0.25) is 17.6 Å². The van der Waals surface area contributed by atoms with Gasteiger partial charge < -0.3 is 9.42 Å². The zero-order chi connectivity index (χ0) is 18.3. The first-order valence-electron chi connectivity index (χ1n) is 8.49. The number of carbonyl (C=O) groups is 1. The summed E-state index contributed by atoms with van der Waals surface area (Å²) in [4.78, 5) is 18.5. The molecule has 0 saturated carbocycles. The van der Waals surface area contributed by atoms with Crippen LogP contribution in [0.1, 0.15) is 29.4 Å². The third-order valence-corrected chi connectivity index (χ3v) is 4.77. The minimum absolute atomic E-state index is 0.0751. The second kappa shape index (κ2) is 6.37. The molecule has 0 N–H and O–H groups in total. The predicted octanol–water partition coefficient (Wildman–Crippen LogP) is 4.01. The minimum Gasteiger partial charge on any atom is -0.339 e. The Bertz CT molecular complexity index is 983. The molecule has 132 valence electrons. The van der Waals surface area contributed by atoms with Gasteiger partial charge in [-0.15, -0.1) is 0 Å². The van der Waals surface area contributed by atoms with E-state index < -0.39 is 0 Å². The Morgan fingerprint density at radius 2 is 1.96 bits per heavy atom. The SMILES string of the molecule is Cc1ccc(N2C[C@@H](c3nc(-c4ccccc4C)no3)CC2=O)cc1F. The van der Waals surface area contributed by atoms with Crippen molar-refractivity contribution in [3.05, 3.63) is 65.3 Å². The molecule has 2 heterocycles. The Hall–Kier alpha value is -3.02. The third kappa shape index (κ3) is 2.87. The van der Waals surface area contributed by atoms with Crippen LogP contribution < -0.4 is 4.90 Å². The average Bonchev–Trinajstić information content (AvgIpc) is 3.25. The van der Waals surface area contributed by atoms with Gasteiger partial charge in [-0.2, -0.15) is 4.98 Å². The monoisotopic (exact) mass is 351 g/mol. The molecule has 6 heteroatoms. The summed E-state index contributed by atoms with van der Waals surface area (Å²) in [6, 6.07) is 12.6. The van der Waals surface area contributed by atoms with Gasteiger partial charge in [0.05, 0.1) is 5.92 Å². The van der Waals surface area contributed by atoms with Gasteiger partial charge >= 0.3 is 0 Å². The van der Waals surface area contributed by atoms with Crippen LogP contribution >= 0.6 is 0 Å².